The van der Waals surface area contributed by atoms with Crippen molar-refractivity contribution in [2.75, 3.05) is 12.4 Å². The Morgan fingerprint density at radius 3 is 2.15 bits per heavy atom. The molecule has 0 aliphatic carbocycles. The van der Waals surface area contributed by atoms with Crippen molar-refractivity contribution in [3.05, 3.63) is 64.7 Å². The van der Waals surface area contributed by atoms with Crippen LogP contribution in [0.2, 0.25) is 0 Å². The fraction of sp³-hybridized carbons (Fsp3) is 0.250. The highest BCUT2D eigenvalue weighted by molar-refractivity contribution is 6.04. The van der Waals surface area contributed by atoms with Gasteiger partial charge in [0.2, 0.25) is 0 Å². The monoisotopic (exact) mass is 355 g/mol. The first kappa shape index (κ1) is 19.2. The van der Waals surface area contributed by atoms with Crippen molar-refractivity contribution in [3.63, 3.8) is 0 Å². The number of aryl methyl sites for hydroxylation is 2. The van der Waals surface area contributed by atoms with E-state index in [1.807, 2.05) is 26.0 Å². The minimum Gasteiger partial charge on any atom is -0.465 e. The third-order valence-corrected chi connectivity index (χ3v) is 3.85. The second-order valence-corrected chi connectivity index (χ2v) is 5.89. The molecular weight excluding hydrogens is 334 g/mol. The van der Waals surface area contributed by atoms with E-state index in [2.05, 4.69) is 10.1 Å². The van der Waals surface area contributed by atoms with E-state index >= 15 is 0 Å². The number of hydrogen-bond acceptors (Lipinski definition) is 5. The molecule has 0 aliphatic rings. The van der Waals surface area contributed by atoms with Crippen molar-refractivity contribution in [2.45, 2.75) is 26.9 Å². The Bertz CT molecular complexity index is 844. The maximum Gasteiger partial charge on any atom is 0.339 e. The molecule has 0 radical (unpaired) electrons. The Hall–Kier alpha value is -3.15. The smallest absolute Gasteiger partial charge is 0.339 e. The lowest BCUT2D eigenvalue weighted by molar-refractivity contribution is -0.123. The highest BCUT2D eigenvalue weighted by atomic mass is 16.5. The summed E-state index contributed by atoms with van der Waals surface area (Å²) in [5, 5.41) is 2.73. The minimum atomic E-state index is -1.03. The van der Waals surface area contributed by atoms with Crippen LogP contribution in [-0.4, -0.2) is 31.1 Å². The molecule has 0 saturated heterocycles. The van der Waals surface area contributed by atoms with Gasteiger partial charge in [0.05, 0.1) is 18.2 Å². The van der Waals surface area contributed by atoms with Gasteiger partial charge in [0.25, 0.3) is 5.91 Å². The van der Waals surface area contributed by atoms with Crippen molar-refractivity contribution in [2.24, 2.45) is 0 Å². The lowest BCUT2D eigenvalue weighted by Crippen LogP contribution is -2.30. The Balaban J connectivity index is 2.09. The number of esters is 2. The van der Waals surface area contributed by atoms with Crippen molar-refractivity contribution >= 4 is 23.5 Å². The van der Waals surface area contributed by atoms with Crippen molar-refractivity contribution in [3.8, 4) is 0 Å². The summed E-state index contributed by atoms with van der Waals surface area (Å²) >= 11 is 0. The summed E-state index contributed by atoms with van der Waals surface area (Å²) < 4.78 is 9.87. The Morgan fingerprint density at radius 2 is 1.58 bits per heavy atom. The van der Waals surface area contributed by atoms with Gasteiger partial charge in [0, 0.05) is 5.69 Å². The topological polar surface area (TPSA) is 81.7 Å². The summed E-state index contributed by atoms with van der Waals surface area (Å²) in [5.74, 6) is -1.87. The van der Waals surface area contributed by atoms with Crippen LogP contribution in [0, 0.1) is 13.8 Å². The molecule has 1 N–H and O–H groups in total. The molecule has 0 fully saturated rings. The maximum atomic E-state index is 12.4. The summed E-state index contributed by atoms with van der Waals surface area (Å²) in [6.07, 6.45) is -1.03. The Kier molecular flexibility index (Phi) is 6.11. The standard InChI is InChI=1S/C20H21NO5/c1-12-9-10-17(13(2)11-12)21-18(22)14(3)26-20(24)16-8-6-5-7-15(16)19(23)25-4/h5-11,14H,1-4H3,(H,21,22). The fourth-order valence-electron chi connectivity index (χ4n) is 2.41. The van der Waals surface area contributed by atoms with Gasteiger partial charge in [0.15, 0.2) is 6.10 Å². The van der Waals surface area contributed by atoms with E-state index < -0.39 is 23.9 Å². The normalized spacial score (nSPS) is 11.4. The SMILES string of the molecule is COC(=O)c1ccccc1C(=O)OC(C)C(=O)Nc1ccc(C)cc1C. The van der Waals surface area contributed by atoms with Gasteiger partial charge in [0.1, 0.15) is 0 Å². The second-order valence-electron chi connectivity index (χ2n) is 5.89. The van der Waals surface area contributed by atoms with Gasteiger partial charge in [-0.3, -0.25) is 4.79 Å². The molecule has 1 amide bonds. The van der Waals surface area contributed by atoms with Crippen LogP contribution in [0.25, 0.3) is 0 Å². The first-order valence-electron chi connectivity index (χ1n) is 8.10. The predicted molar refractivity (Wildman–Crippen MR) is 97.2 cm³/mol. The van der Waals surface area contributed by atoms with Gasteiger partial charge < -0.3 is 14.8 Å². The molecule has 0 aliphatic heterocycles. The molecule has 2 rings (SSSR count). The molecule has 6 nitrogen and oxygen atoms in total. The zero-order chi connectivity index (χ0) is 19.3. The van der Waals surface area contributed by atoms with Crippen molar-refractivity contribution in [1.29, 1.82) is 0 Å². The van der Waals surface area contributed by atoms with E-state index in [0.717, 1.165) is 11.1 Å². The Labute approximate surface area is 152 Å². The van der Waals surface area contributed by atoms with Gasteiger partial charge in [-0.1, -0.05) is 29.8 Å². The molecular formula is C20H21NO5. The molecule has 0 spiro atoms. The van der Waals surface area contributed by atoms with Crippen LogP contribution in [0.15, 0.2) is 42.5 Å². The lowest BCUT2D eigenvalue weighted by Gasteiger charge is -2.16. The van der Waals surface area contributed by atoms with Gasteiger partial charge >= 0.3 is 11.9 Å². The molecule has 0 bridgehead atoms. The van der Waals surface area contributed by atoms with Crippen molar-refractivity contribution < 1.29 is 23.9 Å². The van der Waals surface area contributed by atoms with Crippen LogP contribution >= 0.6 is 0 Å². The van der Waals surface area contributed by atoms with Crippen LogP contribution in [0.5, 0.6) is 0 Å². The zero-order valence-corrected chi connectivity index (χ0v) is 15.2. The number of benzene rings is 2. The van der Waals surface area contributed by atoms with Crippen LogP contribution in [-0.2, 0) is 14.3 Å². The number of rotatable bonds is 5. The van der Waals surface area contributed by atoms with Gasteiger partial charge in [-0.2, -0.15) is 0 Å². The number of nitrogens with one attached hydrogen (secondary N) is 1. The van der Waals surface area contributed by atoms with Crippen LogP contribution in [0.4, 0.5) is 5.69 Å². The first-order valence-corrected chi connectivity index (χ1v) is 8.10. The molecule has 2 aromatic rings. The second kappa shape index (κ2) is 8.29. The maximum absolute atomic E-state index is 12.4. The molecule has 0 heterocycles. The number of ether oxygens (including phenoxy) is 2. The molecule has 1 unspecified atom stereocenters. The number of amides is 1. The summed E-state index contributed by atoms with van der Waals surface area (Å²) in [7, 11) is 1.23. The van der Waals surface area contributed by atoms with Crippen molar-refractivity contribution in [1.82, 2.24) is 0 Å². The van der Waals surface area contributed by atoms with E-state index in [0.29, 0.717) is 5.69 Å². The van der Waals surface area contributed by atoms with E-state index in [1.165, 1.54) is 26.2 Å². The average Bonchev–Trinajstić information content (AvgIpc) is 2.63. The zero-order valence-electron chi connectivity index (χ0n) is 15.2. The number of methoxy groups -OCH3 is 1. The van der Waals surface area contributed by atoms with Gasteiger partial charge in [-0.15, -0.1) is 0 Å². The largest absolute Gasteiger partial charge is 0.465 e. The van der Waals surface area contributed by atoms with Gasteiger partial charge in [-0.25, -0.2) is 9.59 Å². The molecule has 0 saturated carbocycles. The summed E-state index contributed by atoms with van der Waals surface area (Å²) in [6.45, 7) is 5.31. The lowest BCUT2D eigenvalue weighted by atomic mass is 10.1. The van der Waals surface area contributed by atoms with Gasteiger partial charge in [-0.05, 0) is 44.5 Å². The quantitative estimate of drug-likeness (QED) is 0.833. The minimum absolute atomic E-state index is 0.0468. The molecule has 1 atom stereocenters. The highest BCUT2D eigenvalue weighted by Crippen LogP contribution is 2.17. The number of anilines is 1. The fourth-order valence-corrected chi connectivity index (χ4v) is 2.41. The highest BCUT2D eigenvalue weighted by Gasteiger charge is 2.23. The molecule has 6 heteroatoms. The number of hydrogen-bond donors (Lipinski definition) is 1. The Morgan fingerprint density at radius 1 is 0.962 bits per heavy atom. The molecule has 26 heavy (non-hydrogen) atoms. The third-order valence-electron chi connectivity index (χ3n) is 3.85. The number of carbonyl (C=O) groups is 3. The first-order chi connectivity index (χ1) is 12.3. The molecule has 0 aromatic heterocycles. The van der Waals surface area contributed by atoms with E-state index in [1.54, 1.807) is 18.2 Å². The summed E-state index contributed by atoms with van der Waals surface area (Å²) in [4.78, 5) is 36.4. The third kappa shape index (κ3) is 4.47. The van der Waals surface area contributed by atoms with E-state index in [-0.39, 0.29) is 11.1 Å². The van der Waals surface area contributed by atoms with E-state index in [9.17, 15) is 14.4 Å². The average molecular weight is 355 g/mol. The van der Waals surface area contributed by atoms with Crippen LogP contribution < -0.4 is 5.32 Å². The predicted octanol–water partition coefficient (Wildman–Crippen LogP) is 3.27. The molecule has 136 valence electrons. The summed E-state index contributed by atoms with van der Waals surface area (Å²) in [6, 6.07) is 11.7. The molecule has 2 aromatic carbocycles. The number of carbonyl (C=O) groups excluding carboxylic acids is 3. The van der Waals surface area contributed by atoms with Crippen LogP contribution in [0.1, 0.15) is 38.8 Å². The summed E-state index contributed by atoms with van der Waals surface area (Å²) in [5.41, 5.74) is 2.78. The van der Waals surface area contributed by atoms with E-state index in [4.69, 9.17) is 4.74 Å². The van der Waals surface area contributed by atoms with Crippen LogP contribution in [0.3, 0.4) is 0 Å².